The van der Waals surface area contributed by atoms with Crippen LogP contribution in [0.25, 0.3) is 0 Å². The topological polar surface area (TPSA) is 107 Å². The maximum atomic E-state index is 9.60. The van der Waals surface area contributed by atoms with Crippen molar-refractivity contribution in [1.29, 1.82) is 0 Å². The number of carbonyl (C=O) groups excluding carboxylic acids is 1. The molecule has 1 atom stereocenters. The molecule has 2 heterocycles. The molecule has 22 heavy (non-hydrogen) atoms. The van der Waals surface area contributed by atoms with Crippen LogP contribution in [0.15, 0.2) is 12.3 Å². The lowest BCUT2D eigenvalue weighted by atomic mass is 10.2. The summed E-state index contributed by atoms with van der Waals surface area (Å²) >= 11 is 0. The first-order valence-electron chi connectivity index (χ1n) is 7.42. The van der Waals surface area contributed by atoms with Crippen LogP contribution in [0.3, 0.4) is 0 Å². The van der Waals surface area contributed by atoms with Gasteiger partial charge >= 0.3 is 0 Å². The first kappa shape index (κ1) is 26.2. The number of ether oxygens (including phenoxy) is 2. The molecule has 0 saturated carbocycles. The normalized spacial score (nSPS) is 18.7. The van der Waals surface area contributed by atoms with Gasteiger partial charge in [0.1, 0.15) is 6.29 Å². The fraction of sp³-hybridized carbons (Fsp3) is 0.800. The fourth-order valence-corrected chi connectivity index (χ4v) is 1.55. The van der Waals surface area contributed by atoms with Crippen LogP contribution in [-0.4, -0.2) is 48.1 Å². The number of unbranched alkanes of at least 4 members (excludes halogenated alkanes) is 2. The highest BCUT2D eigenvalue weighted by molar-refractivity contribution is 5.85. The number of hydrogen-bond acceptors (Lipinski definition) is 5. The molecule has 2 rings (SSSR count). The van der Waals surface area contributed by atoms with Crippen molar-refractivity contribution in [3.63, 3.8) is 0 Å². The minimum absolute atomic E-state index is 0. The lowest BCUT2D eigenvalue weighted by molar-refractivity contribution is -0.123. The molecule has 0 bridgehead atoms. The molecule has 0 amide bonds. The maximum absolute atomic E-state index is 9.60. The van der Waals surface area contributed by atoms with E-state index in [0.717, 1.165) is 51.6 Å². The van der Waals surface area contributed by atoms with Gasteiger partial charge in [-0.2, -0.15) is 0 Å². The highest BCUT2D eigenvalue weighted by atomic mass is 35.5. The van der Waals surface area contributed by atoms with Crippen molar-refractivity contribution < 1.29 is 30.0 Å². The number of carbonyl (C=O) groups is 1. The highest BCUT2D eigenvalue weighted by Crippen LogP contribution is 2.08. The number of aliphatic hydroxyl groups is 2. The smallest absolute Gasteiger partial charge is 0.154 e. The highest BCUT2D eigenvalue weighted by Gasteiger charge is 2.07. The second-order valence-electron chi connectivity index (χ2n) is 4.59. The van der Waals surface area contributed by atoms with Crippen molar-refractivity contribution in [2.75, 3.05) is 19.8 Å². The van der Waals surface area contributed by atoms with Gasteiger partial charge in [-0.05, 0) is 51.0 Å². The van der Waals surface area contributed by atoms with Crippen molar-refractivity contribution in [2.24, 2.45) is 0 Å². The quantitative estimate of drug-likeness (QED) is 0.598. The van der Waals surface area contributed by atoms with Gasteiger partial charge in [0.15, 0.2) is 6.29 Å². The predicted octanol–water partition coefficient (Wildman–Crippen LogP) is 1.76. The first-order chi connectivity index (χ1) is 9.81. The first-order valence-corrected chi connectivity index (χ1v) is 7.42. The van der Waals surface area contributed by atoms with E-state index in [1.165, 1.54) is 12.8 Å². The Morgan fingerprint density at radius 3 is 2.23 bits per heavy atom. The molecule has 7 heteroatoms. The Labute approximate surface area is 139 Å². The van der Waals surface area contributed by atoms with E-state index in [0.29, 0.717) is 6.42 Å². The van der Waals surface area contributed by atoms with Gasteiger partial charge in [0.25, 0.3) is 0 Å². The SMILES string of the molecule is C1=COCCC1.Cl.O.O=CCCCCO.OC1CCCCO1. The standard InChI is InChI=1S/2C5H10O2.C5H8O.ClH.H2O/c6-5-3-1-2-4-7-5;6-4-2-1-3-5-7;1-2-4-6-5-3-1;;/h5-6H,1-4H2;4,7H,1-3,5H2;2,4H,1,3,5H2;1H;1H2. The summed E-state index contributed by atoms with van der Waals surface area (Å²) in [5.41, 5.74) is 0. The van der Waals surface area contributed by atoms with E-state index >= 15 is 0 Å². The van der Waals surface area contributed by atoms with Crippen LogP contribution in [0.1, 0.15) is 51.4 Å². The van der Waals surface area contributed by atoms with E-state index in [1.807, 2.05) is 6.08 Å². The van der Waals surface area contributed by atoms with Gasteiger partial charge in [-0.25, -0.2) is 0 Å². The fourth-order valence-electron chi connectivity index (χ4n) is 1.55. The van der Waals surface area contributed by atoms with Gasteiger partial charge in [-0.15, -0.1) is 12.4 Å². The van der Waals surface area contributed by atoms with Crippen molar-refractivity contribution in [2.45, 2.75) is 57.7 Å². The van der Waals surface area contributed by atoms with Crippen molar-refractivity contribution in [3.05, 3.63) is 12.3 Å². The van der Waals surface area contributed by atoms with Crippen molar-refractivity contribution in [3.8, 4) is 0 Å². The van der Waals surface area contributed by atoms with E-state index in [9.17, 15) is 4.79 Å². The Bertz CT molecular complexity index is 224. The third-order valence-electron chi connectivity index (χ3n) is 2.71. The Balaban J connectivity index is -0.000000236. The molecule has 0 spiro atoms. The number of hydrogen-bond donors (Lipinski definition) is 2. The van der Waals surface area contributed by atoms with Gasteiger partial charge < -0.3 is 30.0 Å². The molecule has 2 aliphatic rings. The average molecular weight is 343 g/mol. The lowest BCUT2D eigenvalue weighted by Crippen LogP contribution is -2.17. The van der Waals surface area contributed by atoms with Gasteiger partial charge in [0.2, 0.25) is 0 Å². The van der Waals surface area contributed by atoms with Crippen LogP contribution in [0, 0.1) is 0 Å². The van der Waals surface area contributed by atoms with Crippen LogP contribution in [0.4, 0.5) is 0 Å². The van der Waals surface area contributed by atoms with Gasteiger partial charge in [0.05, 0.1) is 12.9 Å². The largest absolute Gasteiger partial charge is 0.502 e. The summed E-state index contributed by atoms with van der Waals surface area (Å²) in [6, 6.07) is 0. The molecule has 0 aromatic carbocycles. The third kappa shape index (κ3) is 21.6. The molecule has 134 valence electrons. The van der Waals surface area contributed by atoms with E-state index in [2.05, 4.69) is 0 Å². The van der Waals surface area contributed by atoms with Crippen LogP contribution in [0.2, 0.25) is 0 Å². The van der Waals surface area contributed by atoms with Crippen LogP contribution in [-0.2, 0) is 14.3 Å². The van der Waals surface area contributed by atoms with E-state index in [4.69, 9.17) is 19.7 Å². The van der Waals surface area contributed by atoms with E-state index in [1.54, 1.807) is 6.26 Å². The number of aldehydes is 1. The summed E-state index contributed by atoms with van der Waals surface area (Å²) < 4.78 is 9.72. The Morgan fingerprint density at radius 1 is 1.18 bits per heavy atom. The molecule has 0 aliphatic carbocycles. The molecule has 0 aromatic rings. The molecule has 2 aliphatic heterocycles. The Morgan fingerprint density at radius 2 is 1.95 bits per heavy atom. The Hall–Kier alpha value is -0.660. The number of allylic oxidation sites excluding steroid dienone is 1. The summed E-state index contributed by atoms with van der Waals surface area (Å²) in [5.74, 6) is 0. The number of aliphatic hydroxyl groups excluding tert-OH is 2. The van der Waals surface area contributed by atoms with E-state index < -0.39 is 6.29 Å². The zero-order valence-corrected chi connectivity index (χ0v) is 13.9. The molecular weight excluding hydrogens is 312 g/mol. The molecule has 1 fully saturated rings. The third-order valence-corrected chi connectivity index (χ3v) is 2.71. The second-order valence-corrected chi connectivity index (χ2v) is 4.59. The van der Waals surface area contributed by atoms with Crippen LogP contribution in [0.5, 0.6) is 0 Å². The summed E-state index contributed by atoms with van der Waals surface area (Å²) in [5, 5.41) is 16.9. The second kappa shape index (κ2) is 22.6. The minimum atomic E-state index is -0.464. The molecule has 4 N–H and O–H groups in total. The van der Waals surface area contributed by atoms with Crippen LogP contribution < -0.4 is 0 Å². The summed E-state index contributed by atoms with van der Waals surface area (Å²) in [7, 11) is 0. The number of rotatable bonds is 4. The van der Waals surface area contributed by atoms with Crippen molar-refractivity contribution in [1.82, 2.24) is 0 Å². The summed E-state index contributed by atoms with van der Waals surface area (Å²) in [6.07, 6.45) is 11.8. The molecular formula is C15H31ClO6. The van der Waals surface area contributed by atoms with Crippen LogP contribution >= 0.6 is 12.4 Å². The summed E-state index contributed by atoms with van der Waals surface area (Å²) in [4.78, 5) is 9.60. The zero-order chi connectivity index (χ0) is 14.9. The molecule has 0 radical (unpaired) electrons. The Kier molecular flexibility index (Phi) is 27.0. The average Bonchev–Trinajstić information content (AvgIpc) is 2.52. The predicted molar refractivity (Wildman–Crippen MR) is 88.0 cm³/mol. The van der Waals surface area contributed by atoms with E-state index in [-0.39, 0.29) is 24.5 Å². The molecule has 6 nitrogen and oxygen atoms in total. The monoisotopic (exact) mass is 342 g/mol. The molecule has 1 saturated heterocycles. The van der Waals surface area contributed by atoms with Gasteiger partial charge in [0, 0.05) is 19.6 Å². The zero-order valence-electron chi connectivity index (χ0n) is 13.1. The molecule has 0 aromatic heterocycles. The van der Waals surface area contributed by atoms with Gasteiger partial charge in [-0.1, -0.05) is 0 Å². The van der Waals surface area contributed by atoms with Crippen molar-refractivity contribution >= 4 is 18.7 Å². The maximum Gasteiger partial charge on any atom is 0.154 e. The lowest BCUT2D eigenvalue weighted by Gasteiger charge is -2.16. The summed E-state index contributed by atoms with van der Waals surface area (Å²) in [6.45, 7) is 1.85. The molecule has 1 unspecified atom stereocenters. The van der Waals surface area contributed by atoms with Gasteiger partial charge in [-0.3, -0.25) is 0 Å². The number of halogens is 1. The minimum Gasteiger partial charge on any atom is -0.502 e.